The summed E-state index contributed by atoms with van der Waals surface area (Å²) in [4.78, 5) is 28.2. The zero-order valence-corrected chi connectivity index (χ0v) is 12.4. The molecule has 0 N–H and O–H groups in total. The average molecular weight is 310 g/mol. The van der Waals surface area contributed by atoms with E-state index in [0.29, 0.717) is 12.1 Å². The van der Waals surface area contributed by atoms with Crippen molar-refractivity contribution in [1.29, 1.82) is 0 Å². The van der Waals surface area contributed by atoms with Gasteiger partial charge in [-0.1, -0.05) is 36.4 Å². The first-order valence-electron chi connectivity index (χ1n) is 7.63. The van der Waals surface area contributed by atoms with Crippen molar-refractivity contribution in [3.05, 3.63) is 66.0 Å². The lowest BCUT2D eigenvalue weighted by Gasteiger charge is -2.23. The van der Waals surface area contributed by atoms with Crippen molar-refractivity contribution >= 4 is 17.6 Å². The smallest absolute Gasteiger partial charge is 0.305 e. The number of rotatable bonds is 2. The molecule has 2 saturated heterocycles. The van der Waals surface area contributed by atoms with Crippen LogP contribution >= 0.6 is 0 Å². The van der Waals surface area contributed by atoms with Crippen molar-refractivity contribution in [2.75, 3.05) is 4.90 Å². The summed E-state index contributed by atoms with van der Waals surface area (Å²) >= 11 is 0. The van der Waals surface area contributed by atoms with Gasteiger partial charge < -0.3 is 4.90 Å². The highest BCUT2D eigenvalue weighted by Gasteiger charge is 2.52. The second-order valence-electron chi connectivity index (χ2n) is 5.86. The first-order chi connectivity index (χ1) is 11.2. The third-order valence-corrected chi connectivity index (χ3v) is 4.55. The molecule has 0 saturated carbocycles. The number of fused-ring (bicyclic) bond motifs is 1. The molecule has 2 atom stereocenters. The topological polar surface area (TPSA) is 40.6 Å². The molecule has 0 radical (unpaired) electrons. The van der Waals surface area contributed by atoms with Gasteiger partial charge in [-0.15, -0.1) is 0 Å². The van der Waals surface area contributed by atoms with Gasteiger partial charge in [0.05, 0.1) is 11.7 Å². The Morgan fingerprint density at radius 2 is 1.65 bits per heavy atom. The summed E-state index contributed by atoms with van der Waals surface area (Å²) < 4.78 is 13.4. The van der Waals surface area contributed by atoms with E-state index in [1.54, 1.807) is 11.0 Å². The Hall–Kier alpha value is -2.69. The Bertz CT molecular complexity index is 778. The molecule has 3 amide bonds. The van der Waals surface area contributed by atoms with Crippen LogP contribution in [0.1, 0.15) is 24.4 Å². The Morgan fingerprint density at radius 3 is 2.39 bits per heavy atom. The van der Waals surface area contributed by atoms with E-state index in [4.69, 9.17) is 0 Å². The fourth-order valence-electron chi connectivity index (χ4n) is 3.53. The monoisotopic (exact) mass is 310 g/mol. The van der Waals surface area contributed by atoms with Crippen molar-refractivity contribution in [3.63, 3.8) is 0 Å². The van der Waals surface area contributed by atoms with Crippen LogP contribution in [0.25, 0.3) is 0 Å². The molecule has 2 aromatic rings. The molecule has 2 aliphatic heterocycles. The van der Waals surface area contributed by atoms with E-state index in [0.717, 1.165) is 16.9 Å². The van der Waals surface area contributed by atoms with E-state index in [1.165, 1.54) is 18.2 Å². The minimum atomic E-state index is -0.463. The van der Waals surface area contributed by atoms with Gasteiger partial charge in [-0.3, -0.25) is 4.79 Å². The van der Waals surface area contributed by atoms with Crippen LogP contribution in [0.5, 0.6) is 0 Å². The summed E-state index contributed by atoms with van der Waals surface area (Å²) in [7, 11) is 0. The summed E-state index contributed by atoms with van der Waals surface area (Å²) in [6.07, 6.45) is 1.40. The summed E-state index contributed by atoms with van der Waals surface area (Å²) in [5.74, 6) is -0.728. The number of nitrogens with zero attached hydrogens (tertiary/aromatic N) is 2. The third-order valence-electron chi connectivity index (χ3n) is 4.55. The number of carbonyl (C=O) groups excluding carboxylic acids is 2. The molecule has 2 aliphatic rings. The van der Waals surface area contributed by atoms with Crippen LogP contribution < -0.4 is 4.90 Å². The lowest BCUT2D eigenvalue weighted by molar-refractivity contribution is -0.119. The van der Waals surface area contributed by atoms with Crippen molar-refractivity contribution in [1.82, 2.24) is 4.90 Å². The number of urea groups is 1. The molecule has 4 nitrogen and oxygen atoms in total. The minimum absolute atomic E-state index is 0.101. The molecule has 23 heavy (non-hydrogen) atoms. The number of imide groups is 1. The fraction of sp³-hybridized carbons (Fsp3) is 0.222. The highest BCUT2D eigenvalue weighted by atomic mass is 19.1. The molecule has 2 aromatic carbocycles. The van der Waals surface area contributed by atoms with Crippen molar-refractivity contribution in [2.24, 2.45) is 0 Å². The van der Waals surface area contributed by atoms with E-state index in [-0.39, 0.29) is 18.0 Å². The molecular formula is C18H15FN2O2. The zero-order chi connectivity index (χ0) is 16.0. The first kappa shape index (κ1) is 13.9. The van der Waals surface area contributed by atoms with Gasteiger partial charge in [0.1, 0.15) is 11.9 Å². The molecule has 0 aromatic heterocycles. The number of amides is 3. The lowest BCUT2D eigenvalue weighted by Crippen LogP contribution is -2.34. The van der Waals surface area contributed by atoms with Crippen LogP contribution in [0.2, 0.25) is 0 Å². The molecule has 0 unspecified atom stereocenters. The minimum Gasteiger partial charge on any atom is -0.305 e. The van der Waals surface area contributed by atoms with Gasteiger partial charge in [-0.25, -0.2) is 14.1 Å². The number of anilines is 1. The summed E-state index contributed by atoms with van der Waals surface area (Å²) in [6.45, 7) is 0. The maximum atomic E-state index is 13.4. The normalized spacial score (nSPS) is 23.5. The second kappa shape index (κ2) is 5.19. The molecule has 2 heterocycles. The van der Waals surface area contributed by atoms with Crippen LogP contribution in [0.15, 0.2) is 54.6 Å². The van der Waals surface area contributed by atoms with Crippen LogP contribution in [-0.4, -0.2) is 22.9 Å². The van der Waals surface area contributed by atoms with Crippen molar-refractivity contribution in [3.8, 4) is 0 Å². The van der Waals surface area contributed by atoms with Gasteiger partial charge in [-0.05, 0) is 36.6 Å². The molecule has 0 bridgehead atoms. The van der Waals surface area contributed by atoms with Gasteiger partial charge in [0.25, 0.3) is 5.91 Å². The highest BCUT2D eigenvalue weighted by molar-refractivity contribution is 6.21. The summed E-state index contributed by atoms with van der Waals surface area (Å²) in [5, 5.41) is 0. The van der Waals surface area contributed by atoms with E-state index in [9.17, 15) is 14.0 Å². The fourth-order valence-corrected chi connectivity index (χ4v) is 3.53. The van der Waals surface area contributed by atoms with Crippen LogP contribution in [0, 0.1) is 5.82 Å². The lowest BCUT2D eigenvalue weighted by atomic mass is 10.0. The Labute approximate surface area is 133 Å². The van der Waals surface area contributed by atoms with E-state index in [2.05, 4.69) is 0 Å². The van der Waals surface area contributed by atoms with Gasteiger partial charge in [0.15, 0.2) is 0 Å². The summed E-state index contributed by atoms with van der Waals surface area (Å²) in [5.41, 5.74) is 1.32. The van der Waals surface area contributed by atoms with Gasteiger partial charge in [0, 0.05) is 0 Å². The van der Waals surface area contributed by atoms with E-state index in [1.807, 2.05) is 30.3 Å². The number of benzene rings is 2. The third kappa shape index (κ3) is 2.11. The van der Waals surface area contributed by atoms with E-state index < -0.39 is 11.9 Å². The van der Waals surface area contributed by atoms with Gasteiger partial charge in [-0.2, -0.15) is 0 Å². The van der Waals surface area contributed by atoms with Crippen LogP contribution in [0.4, 0.5) is 14.9 Å². The molecular weight excluding hydrogens is 295 g/mol. The predicted octanol–water partition coefficient (Wildman–Crippen LogP) is 3.50. The molecule has 4 rings (SSSR count). The predicted molar refractivity (Wildman–Crippen MR) is 83.3 cm³/mol. The largest absolute Gasteiger partial charge is 0.332 e. The standard InChI is InChI=1S/C18H15FN2O2/c19-13-7-4-8-14(11-13)20-17(22)16-10-9-15(21(16)18(20)23)12-5-2-1-3-6-12/h1-8,11,15-16H,9-10H2/t15-,16-/m0/s1. The summed E-state index contributed by atoms with van der Waals surface area (Å²) in [6, 6.07) is 14.4. The number of hydrogen-bond acceptors (Lipinski definition) is 2. The number of carbonyl (C=O) groups is 2. The maximum absolute atomic E-state index is 13.4. The quantitative estimate of drug-likeness (QED) is 0.797. The van der Waals surface area contributed by atoms with Crippen molar-refractivity contribution < 1.29 is 14.0 Å². The second-order valence-corrected chi connectivity index (χ2v) is 5.86. The van der Waals surface area contributed by atoms with E-state index >= 15 is 0 Å². The van der Waals surface area contributed by atoms with Crippen LogP contribution in [-0.2, 0) is 4.79 Å². The Kier molecular flexibility index (Phi) is 3.15. The molecule has 2 fully saturated rings. The van der Waals surface area contributed by atoms with Gasteiger partial charge >= 0.3 is 6.03 Å². The van der Waals surface area contributed by atoms with Crippen LogP contribution in [0.3, 0.4) is 0 Å². The highest BCUT2D eigenvalue weighted by Crippen LogP contribution is 2.42. The molecule has 0 spiro atoms. The number of hydrogen-bond donors (Lipinski definition) is 0. The maximum Gasteiger partial charge on any atom is 0.332 e. The SMILES string of the molecule is O=C1[C@@H]2CC[C@@H](c3ccccc3)N2C(=O)N1c1cccc(F)c1. The number of halogens is 1. The molecule has 116 valence electrons. The zero-order valence-electron chi connectivity index (χ0n) is 12.4. The average Bonchev–Trinajstić information content (AvgIpc) is 3.09. The van der Waals surface area contributed by atoms with Crippen molar-refractivity contribution in [2.45, 2.75) is 24.9 Å². The Balaban J connectivity index is 1.70. The first-order valence-corrected chi connectivity index (χ1v) is 7.63. The van der Waals surface area contributed by atoms with Gasteiger partial charge in [0.2, 0.25) is 0 Å². The molecule has 5 heteroatoms. The Morgan fingerprint density at radius 1 is 0.913 bits per heavy atom. The molecule has 0 aliphatic carbocycles.